The Morgan fingerprint density at radius 1 is 0.973 bits per heavy atom. The van der Waals surface area contributed by atoms with E-state index in [1.807, 2.05) is 24.3 Å². The number of amides is 1. The van der Waals surface area contributed by atoms with Crippen molar-refractivity contribution in [2.24, 2.45) is 5.92 Å². The minimum Gasteiger partial charge on any atom is -0.493 e. The number of piperidine rings is 1. The van der Waals surface area contributed by atoms with Crippen LogP contribution in [0.5, 0.6) is 11.5 Å². The highest BCUT2D eigenvalue weighted by Gasteiger charge is 2.27. The number of nitrogens with one attached hydrogen (secondary N) is 2. The topological polar surface area (TPSA) is 68.8 Å². The largest absolute Gasteiger partial charge is 0.493 e. The monoisotopic (exact) mass is 506 g/mol. The first-order valence-corrected chi connectivity index (χ1v) is 12.8. The van der Waals surface area contributed by atoms with E-state index in [0.717, 1.165) is 43.0 Å². The number of ether oxygens (including phenoxy) is 3. The molecule has 0 saturated carbocycles. The lowest BCUT2D eigenvalue weighted by atomic mass is 9.81. The summed E-state index contributed by atoms with van der Waals surface area (Å²) in [7, 11) is 1.65. The van der Waals surface area contributed by atoms with Gasteiger partial charge in [0.15, 0.2) is 0 Å². The first-order chi connectivity index (χ1) is 18.1. The Morgan fingerprint density at radius 2 is 1.68 bits per heavy atom. The van der Waals surface area contributed by atoms with Crippen LogP contribution in [0.3, 0.4) is 0 Å². The third-order valence-corrected chi connectivity index (χ3v) is 6.63. The number of carbonyl (C=O) groups excluding carboxylic acids is 1. The summed E-state index contributed by atoms with van der Waals surface area (Å²) >= 11 is 0. The lowest BCUT2D eigenvalue weighted by molar-refractivity contribution is 0.0948. The van der Waals surface area contributed by atoms with Gasteiger partial charge in [0.05, 0.1) is 6.61 Å². The SMILES string of the molecule is COCCCNC(=O)c1ccc(OC[C@@H]2CNCC[C@H]2c2ccc(OCc3ccc(F)cc3)cc2)cc1. The summed E-state index contributed by atoms with van der Waals surface area (Å²) < 4.78 is 30.1. The molecule has 1 fully saturated rings. The molecule has 1 aliphatic rings. The lowest BCUT2D eigenvalue weighted by Gasteiger charge is -2.32. The smallest absolute Gasteiger partial charge is 0.251 e. The summed E-state index contributed by atoms with van der Waals surface area (Å²) in [5, 5.41) is 6.38. The molecule has 2 atom stereocenters. The van der Waals surface area contributed by atoms with E-state index in [2.05, 4.69) is 22.8 Å². The minimum atomic E-state index is -0.248. The average molecular weight is 507 g/mol. The molecule has 4 rings (SSSR count). The highest BCUT2D eigenvalue weighted by molar-refractivity contribution is 5.94. The maximum absolute atomic E-state index is 13.1. The fourth-order valence-corrected chi connectivity index (χ4v) is 4.52. The molecule has 3 aromatic carbocycles. The summed E-state index contributed by atoms with van der Waals surface area (Å²) in [6.07, 6.45) is 1.82. The molecule has 0 aliphatic carbocycles. The van der Waals surface area contributed by atoms with E-state index in [4.69, 9.17) is 14.2 Å². The summed E-state index contributed by atoms with van der Waals surface area (Å²) in [5.74, 6) is 1.90. The van der Waals surface area contributed by atoms with Gasteiger partial charge in [0.2, 0.25) is 0 Å². The minimum absolute atomic E-state index is 0.0933. The Bertz CT molecular complexity index is 1100. The van der Waals surface area contributed by atoms with Gasteiger partial charge in [-0.3, -0.25) is 4.79 Å². The van der Waals surface area contributed by atoms with Gasteiger partial charge in [0.1, 0.15) is 23.9 Å². The standard InChI is InChI=1S/C30H35FN2O4/c1-35-18-2-16-33-30(34)24-7-13-28(14-8-24)37-21-25-19-32-17-15-29(25)23-5-11-27(12-6-23)36-20-22-3-9-26(31)10-4-22/h3-14,25,29,32H,2,15-21H2,1H3,(H,33,34)/t25-,29-/m0/s1. The van der Waals surface area contributed by atoms with E-state index in [0.29, 0.717) is 43.8 Å². The fraction of sp³-hybridized carbons (Fsp3) is 0.367. The van der Waals surface area contributed by atoms with Crippen molar-refractivity contribution in [2.75, 3.05) is 40.0 Å². The van der Waals surface area contributed by atoms with Gasteiger partial charge in [0.25, 0.3) is 5.91 Å². The van der Waals surface area contributed by atoms with Gasteiger partial charge in [-0.25, -0.2) is 4.39 Å². The van der Waals surface area contributed by atoms with Gasteiger partial charge in [-0.2, -0.15) is 0 Å². The molecular formula is C30H35FN2O4. The molecular weight excluding hydrogens is 471 g/mol. The Labute approximate surface area is 218 Å². The van der Waals surface area contributed by atoms with Crippen LogP contribution in [0.25, 0.3) is 0 Å². The summed E-state index contributed by atoms with van der Waals surface area (Å²) in [5.41, 5.74) is 2.81. The van der Waals surface area contributed by atoms with E-state index in [1.54, 1.807) is 31.4 Å². The van der Waals surface area contributed by atoms with Crippen molar-refractivity contribution in [1.82, 2.24) is 10.6 Å². The Kier molecular flexibility index (Phi) is 9.91. The van der Waals surface area contributed by atoms with Crippen LogP contribution in [0.4, 0.5) is 4.39 Å². The number of hydrogen-bond donors (Lipinski definition) is 2. The molecule has 7 heteroatoms. The maximum Gasteiger partial charge on any atom is 0.251 e. The molecule has 0 bridgehead atoms. The number of rotatable bonds is 12. The predicted molar refractivity (Wildman–Crippen MR) is 142 cm³/mol. The summed E-state index contributed by atoms with van der Waals surface area (Å²) in [6, 6.07) is 21.9. The molecule has 0 radical (unpaired) electrons. The zero-order chi connectivity index (χ0) is 25.9. The van der Waals surface area contributed by atoms with Crippen LogP contribution in [0.15, 0.2) is 72.8 Å². The third-order valence-electron chi connectivity index (χ3n) is 6.63. The predicted octanol–water partition coefficient (Wildman–Crippen LogP) is 4.94. The quantitative estimate of drug-likeness (QED) is 0.341. The molecule has 1 aliphatic heterocycles. The Morgan fingerprint density at radius 3 is 2.41 bits per heavy atom. The normalized spacial score (nSPS) is 17.2. The molecule has 2 N–H and O–H groups in total. The summed E-state index contributed by atoms with van der Waals surface area (Å²) in [4.78, 5) is 12.3. The molecule has 0 unspecified atom stereocenters. The number of hydrogen-bond acceptors (Lipinski definition) is 5. The number of carbonyl (C=O) groups is 1. The zero-order valence-electron chi connectivity index (χ0n) is 21.3. The van der Waals surface area contributed by atoms with Gasteiger partial charge in [-0.15, -0.1) is 0 Å². The van der Waals surface area contributed by atoms with Gasteiger partial charge in [-0.1, -0.05) is 24.3 Å². The van der Waals surface area contributed by atoms with E-state index < -0.39 is 0 Å². The molecule has 1 heterocycles. The molecule has 1 amide bonds. The molecule has 0 spiro atoms. The number of halogens is 1. The number of benzene rings is 3. The van der Waals surface area contributed by atoms with E-state index in [-0.39, 0.29) is 11.7 Å². The molecule has 3 aromatic rings. The van der Waals surface area contributed by atoms with Crippen molar-refractivity contribution >= 4 is 5.91 Å². The van der Waals surface area contributed by atoms with Crippen LogP contribution < -0.4 is 20.1 Å². The second-order valence-corrected chi connectivity index (χ2v) is 9.28. The summed E-state index contributed by atoms with van der Waals surface area (Å²) in [6.45, 7) is 4.05. The van der Waals surface area contributed by atoms with Crippen molar-refractivity contribution in [2.45, 2.75) is 25.4 Å². The average Bonchev–Trinajstić information content (AvgIpc) is 2.94. The van der Waals surface area contributed by atoms with Crippen molar-refractivity contribution in [1.29, 1.82) is 0 Å². The van der Waals surface area contributed by atoms with Crippen LogP contribution in [0.2, 0.25) is 0 Å². The fourth-order valence-electron chi connectivity index (χ4n) is 4.52. The van der Waals surface area contributed by atoms with Crippen molar-refractivity contribution < 1.29 is 23.4 Å². The Balaban J connectivity index is 1.28. The maximum atomic E-state index is 13.1. The van der Waals surface area contributed by atoms with Gasteiger partial charge >= 0.3 is 0 Å². The van der Waals surface area contributed by atoms with Crippen molar-refractivity contribution in [3.63, 3.8) is 0 Å². The molecule has 0 aromatic heterocycles. The van der Waals surface area contributed by atoms with Crippen LogP contribution in [0, 0.1) is 11.7 Å². The Hall–Kier alpha value is -3.42. The van der Waals surface area contributed by atoms with Crippen LogP contribution >= 0.6 is 0 Å². The van der Waals surface area contributed by atoms with Gasteiger partial charge in [-0.05, 0) is 85.0 Å². The second kappa shape index (κ2) is 13.8. The third kappa shape index (κ3) is 8.03. The first-order valence-electron chi connectivity index (χ1n) is 12.8. The molecule has 196 valence electrons. The van der Waals surface area contributed by atoms with E-state index >= 15 is 0 Å². The lowest BCUT2D eigenvalue weighted by Crippen LogP contribution is -2.38. The van der Waals surface area contributed by atoms with Gasteiger partial charge in [0, 0.05) is 38.3 Å². The van der Waals surface area contributed by atoms with Crippen LogP contribution in [0.1, 0.15) is 40.2 Å². The van der Waals surface area contributed by atoms with Crippen molar-refractivity contribution in [3.8, 4) is 11.5 Å². The molecule has 1 saturated heterocycles. The second-order valence-electron chi connectivity index (χ2n) is 9.28. The molecule has 37 heavy (non-hydrogen) atoms. The van der Waals surface area contributed by atoms with Crippen molar-refractivity contribution in [3.05, 3.63) is 95.3 Å². The van der Waals surface area contributed by atoms with E-state index in [9.17, 15) is 9.18 Å². The van der Waals surface area contributed by atoms with Crippen LogP contribution in [-0.2, 0) is 11.3 Å². The zero-order valence-corrected chi connectivity index (χ0v) is 21.3. The van der Waals surface area contributed by atoms with E-state index in [1.165, 1.54) is 17.7 Å². The van der Waals surface area contributed by atoms with Crippen LogP contribution in [-0.4, -0.2) is 45.9 Å². The first kappa shape index (κ1) is 26.6. The van der Waals surface area contributed by atoms with Gasteiger partial charge < -0.3 is 24.8 Å². The molecule has 6 nitrogen and oxygen atoms in total. The number of methoxy groups -OCH3 is 1. The highest BCUT2D eigenvalue weighted by Crippen LogP contribution is 2.32. The highest BCUT2D eigenvalue weighted by atomic mass is 19.1.